The third-order valence-electron chi connectivity index (χ3n) is 2.44. The van der Waals surface area contributed by atoms with Crippen molar-refractivity contribution in [2.75, 3.05) is 0 Å². The highest BCUT2D eigenvalue weighted by molar-refractivity contribution is 9.10. The van der Waals surface area contributed by atoms with Crippen molar-refractivity contribution in [2.24, 2.45) is 0 Å². The molecule has 3 heteroatoms. The van der Waals surface area contributed by atoms with Gasteiger partial charge in [0.1, 0.15) is 0 Å². The van der Waals surface area contributed by atoms with Crippen molar-refractivity contribution >= 4 is 27.3 Å². The van der Waals surface area contributed by atoms with Crippen molar-refractivity contribution in [3.8, 4) is 0 Å². The lowest BCUT2D eigenvalue weighted by Crippen LogP contribution is -2.06. The normalized spacial score (nSPS) is 18.2. The zero-order valence-corrected chi connectivity index (χ0v) is 9.86. The Kier molecular flexibility index (Phi) is 3.41. The van der Waals surface area contributed by atoms with E-state index >= 15 is 0 Å². The first kappa shape index (κ1) is 9.69. The van der Waals surface area contributed by atoms with Gasteiger partial charge in [0, 0.05) is 9.35 Å². The summed E-state index contributed by atoms with van der Waals surface area (Å²) in [5.41, 5.74) is 0. The lowest BCUT2D eigenvalue weighted by Gasteiger charge is -2.09. The maximum absolute atomic E-state index is 5.81. The van der Waals surface area contributed by atoms with Gasteiger partial charge in [-0.05, 0) is 40.2 Å². The van der Waals surface area contributed by atoms with Crippen molar-refractivity contribution in [3.05, 3.63) is 20.8 Å². The van der Waals surface area contributed by atoms with E-state index in [1.807, 2.05) is 0 Å². The fourth-order valence-electron chi connectivity index (χ4n) is 1.68. The van der Waals surface area contributed by atoms with E-state index in [4.69, 9.17) is 4.74 Å². The molecule has 0 amide bonds. The molecule has 1 nitrogen and oxygen atoms in total. The van der Waals surface area contributed by atoms with Gasteiger partial charge in [0.05, 0.1) is 12.7 Å². The molecule has 72 valence electrons. The highest BCUT2D eigenvalue weighted by atomic mass is 79.9. The molecule has 0 spiro atoms. The average Bonchev–Trinajstić information content (AvgIpc) is 2.72. The Morgan fingerprint density at radius 3 is 2.85 bits per heavy atom. The molecule has 1 aliphatic carbocycles. The molecule has 0 atom stereocenters. The van der Waals surface area contributed by atoms with Crippen LogP contribution in [-0.4, -0.2) is 6.10 Å². The van der Waals surface area contributed by atoms with Crippen LogP contribution in [0.5, 0.6) is 0 Å². The predicted octanol–water partition coefficient (Wildman–Crippen LogP) is 3.97. The Hall–Kier alpha value is 0.140. The molecule has 2 rings (SSSR count). The Morgan fingerprint density at radius 1 is 1.46 bits per heavy atom. The lowest BCUT2D eigenvalue weighted by atomic mass is 10.3. The number of halogens is 1. The number of rotatable bonds is 3. The molecule has 0 radical (unpaired) electrons. The molecule has 1 fully saturated rings. The number of hydrogen-bond acceptors (Lipinski definition) is 2. The number of hydrogen-bond donors (Lipinski definition) is 0. The maximum atomic E-state index is 5.81. The molecule has 1 heterocycles. The van der Waals surface area contributed by atoms with Crippen molar-refractivity contribution in [1.29, 1.82) is 0 Å². The molecular formula is C10H13BrOS. The first-order chi connectivity index (χ1) is 6.36. The molecule has 0 unspecified atom stereocenters. The quantitative estimate of drug-likeness (QED) is 0.800. The summed E-state index contributed by atoms with van der Waals surface area (Å²) in [6, 6.07) is 2.08. The predicted molar refractivity (Wildman–Crippen MR) is 59.1 cm³/mol. The third kappa shape index (κ3) is 2.55. The van der Waals surface area contributed by atoms with Gasteiger partial charge in [0.15, 0.2) is 0 Å². The minimum Gasteiger partial charge on any atom is -0.373 e. The number of ether oxygens (including phenoxy) is 1. The summed E-state index contributed by atoms with van der Waals surface area (Å²) in [7, 11) is 0. The summed E-state index contributed by atoms with van der Waals surface area (Å²) in [4.78, 5) is 1.31. The minimum atomic E-state index is 0.522. The topological polar surface area (TPSA) is 9.23 Å². The molecule has 1 saturated carbocycles. The highest BCUT2D eigenvalue weighted by Crippen LogP contribution is 2.26. The summed E-state index contributed by atoms with van der Waals surface area (Å²) in [6.45, 7) is 0.781. The van der Waals surface area contributed by atoms with E-state index in [0.717, 1.165) is 6.61 Å². The van der Waals surface area contributed by atoms with Crippen molar-refractivity contribution in [2.45, 2.75) is 38.4 Å². The SMILES string of the molecule is Brc1ccsc1COC1CCCC1. The molecule has 0 aliphatic heterocycles. The molecule has 1 aliphatic rings. The summed E-state index contributed by atoms with van der Waals surface area (Å²) in [5, 5.41) is 2.09. The van der Waals surface area contributed by atoms with Crippen LogP contribution in [0.25, 0.3) is 0 Å². The van der Waals surface area contributed by atoms with E-state index in [2.05, 4.69) is 27.4 Å². The second kappa shape index (κ2) is 4.58. The monoisotopic (exact) mass is 260 g/mol. The van der Waals surface area contributed by atoms with Gasteiger partial charge in [-0.25, -0.2) is 0 Å². The summed E-state index contributed by atoms with van der Waals surface area (Å²) >= 11 is 5.27. The molecule has 0 saturated heterocycles. The van der Waals surface area contributed by atoms with Crippen LogP contribution in [0.1, 0.15) is 30.6 Å². The van der Waals surface area contributed by atoms with Gasteiger partial charge in [0.2, 0.25) is 0 Å². The van der Waals surface area contributed by atoms with Crippen LogP contribution >= 0.6 is 27.3 Å². The van der Waals surface area contributed by atoms with Crippen LogP contribution in [0, 0.1) is 0 Å². The van der Waals surface area contributed by atoms with Gasteiger partial charge in [0.25, 0.3) is 0 Å². The van der Waals surface area contributed by atoms with Crippen LogP contribution in [0.4, 0.5) is 0 Å². The van der Waals surface area contributed by atoms with Gasteiger partial charge >= 0.3 is 0 Å². The van der Waals surface area contributed by atoms with Gasteiger partial charge in [-0.3, -0.25) is 0 Å². The molecule has 0 N–H and O–H groups in total. The molecule has 0 aromatic carbocycles. The van der Waals surface area contributed by atoms with E-state index < -0.39 is 0 Å². The standard InChI is InChI=1S/C10H13BrOS/c11-9-5-6-13-10(9)7-12-8-3-1-2-4-8/h5-6,8H,1-4,7H2. The van der Waals surface area contributed by atoms with Crippen LogP contribution in [0.15, 0.2) is 15.9 Å². The number of thiophene rings is 1. The molecule has 13 heavy (non-hydrogen) atoms. The largest absolute Gasteiger partial charge is 0.373 e. The van der Waals surface area contributed by atoms with E-state index in [1.165, 1.54) is 35.0 Å². The minimum absolute atomic E-state index is 0.522. The maximum Gasteiger partial charge on any atom is 0.0824 e. The van der Waals surface area contributed by atoms with Gasteiger partial charge in [-0.2, -0.15) is 0 Å². The van der Waals surface area contributed by atoms with Crippen molar-refractivity contribution < 1.29 is 4.74 Å². The first-order valence-corrected chi connectivity index (χ1v) is 6.37. The zero-order chi connectivity index (χ0) is 9.10. The summed E-state index contributed by atoms with van der Waals surface area (Å²) < 4.78 is 7.00. The fraction of sp³-hybridized carbons (Fsp3) is 0.600. The van der Waals surface area contributed by atoms with Crippen molar-refractivity contribution in [1.82, 2.24) is 0 Å². The average molecular weight is 261 g/mol. The summed E-state index contributed by atoms with van der Waals surface area (Å²) in [6.07, 6.45) is 5.72. The third-order valence-corrected chi connectivity index (χ3v) is 4.34. The van der Waals surface area contributed by atoms with E-state index in [1.54, 1.807) is 11.3 Å². The first-order valence-electron chi connectivity index (χ1n) is 4.70. The van der Waals surface area contributed by atoms with Crippen LogP contribution in [0.2, 0.25) is 0 Å². The van der Waals surface area contributed by atoms with Crippen LogP contribution in [0.3, 0.4) is 0 Å². The summed E-state index contributed by atoms with van der Waals surface area (Å²) in [5.74, 6) is 0. The lowest BCUT2D eigenvalue weighted by molar-refractivity contribution is 0.0470. The van der Waals surface area contributed by atoms with E-state index in [9.17, 15) is 0 Å². The molecule has 1 aromatic heterocycles. The smallest absolute Gasteiger partial charge is 0.0824 e. The molecule has 1 aromatic rings. The fourth-order valence-corrected chi connectivity index (χ4v) is 3.06. The van der Waals surface area contributed by atoms with Gasteiger partial charge < -0.3 is 4.74 Å². The Morgan fingerprint density at radius 2 is 2.23 bits per heavy atom. The Labute approximate surface area is 91.2 Å². The second-order valence-corrected chi connectivity index (χ2v) is 5.26. The second-order valence-electron chi connectivity index (χ2n) is 3.41. The Bertz CT molecular complexity index is 266. The molecule has 0 bridgehead atoms. The van der Waals surface area contributed by atoms with Gasteiger partial charge in [-0.1, -0.05) is 12.8 Å². The van der Waals surface area contributed by atoms with E-state index in [-0.39, 0.29) is 0 Å². The van der Waals surface area contributed by atoms with Crippen LogP contribution in [-0.2, 0) is 11.3 Å². The Balaban J connectivity index is 1.82. The van der Waals surface area contributed by atoms with Crippen LogP contribution < -0.4 is 0 Å². The highest BCUT2D eigenvalue weighted by Gasteiger charge is 2.15. The van der Waals surface area contributed by atoms with Crippen molar-refractivity contribution in [3.63, 3.8) is 0 Å². The zero-order valence-electron chi connectivity index (χ0n) is 7.46. The molecular weight excluding hydrogens is 248 g/mol. The van der Waals surface area contributed by atoms with E-state index in [0.29, 0.717) is 6.10 Å². The van der Waals surface area contributed by atoms with Gasteiger partial charge in [-0.15, -0.1) is 11.3 Å².